The highest BCUT2D eigenvalue weighted by atomic mass is 16.6. The lowest BCUT2D eigenvalue weighted by Crippen LogP contribution is -2.18. The molecule has 1 amide bonds. The molecule has 0 fully saturated rings. The smallest absolute Gasteiger partial charge is 0.411 e. The Morgan fingerprint density at radius 2 is 2.10 bits per heavy atom. The third-order valence-corrected chi connectivity index (χ3v) is 2.23. The van der Waals surface area contributed by atoms with Crippen LogP contribution in [0.4, 0.5) is 16.2 Å². The number of hydrogen-bond donors (Lipinski definition) is 2. The van der Waals surface area contributed by atoms with E-state index in [1.165, 1.54) is 0 Å². The number of nitro groups is 1. The molecule has 1 rings (SSSR count). The highest BCUT2D eigenvalue weighted by molar-refractivity contribution is 5.99. The number of nitrogens with zero attached hydrogens (tertiary/aromatic N) is 1. The molecule has 0 saturated heterocycles. The summed E-state index contributed by atoms with van der Waals surface area (Å²) in [6.07, 6.45) is -0.860. The van der Waals surface area contributed by atoms with Gasteiger partial charge >= 0.3 is 12.1 Å². The molecule has 0 atom stereocenters. The number of anilines is 1. The largest absolute Gasteiger partial charge is 0.478 e. The van der Waals surface area contributed by atoms with Crippen molar-refractivity contribution in [2.75, 3.05) is 11.9 Å². The van der Waals surface area contributed by atoms with Gasteiger partial charge in [0.25, 0.3) is 5.69 Å². The number of carboxylic acids is 1. The van der Waals surface area contributed by atoms with Crippen LogP contribution in [-0.2, 0) is 4.74 Å². The van der Waals surface area contributed by atoms with Crippen LogP contribution in [0.5, 0.6) is 0 Å². The Morgan fingerprint density at radius 3 is 2.60 bits per heavy atom. The van der Waals surface area contributed by atoms with Crippen LogP contribution in [0, 0.1) is 16.0 Å². The van der Waals surface area contributed by atoms with Gasteiger partial charge in [-0.2, -0.15) is 0 Å². The van der Waals surface area contributed by atoms with E-state index in [0.29, 0.717) is 0 Å². The van der Waals surface area contributed by atoms with Crippen molar-refractivity contribution in [3.63, 3.8) is 0 Å². The molecule has 8 nitrogen and oxygen atoms in total. The molecule has 20 heavy (non-hydrogen) atoms. The number of benzene rings is 1. The van der Waals surface area contributed by atoms with Crippen LogP contribution in [0.1, 0.15) is 24.2 Å². The fourth-order valence-electron chi connectivity index (χ4n) is 1.32. The average Bonchev–Trinajstić information content (AvgIpc) is 2.35. The fraction of sp³-hybridized carbons (Fsp3) is 0.333. The first-order chi connectivity index (χ1) is 9.31. The van der Waals surface area contributed by atoms with E-state index in [1.807, 2.05) is 13.8 Å². The van der Waals surface area contributed by atoms with E-state index in [4.69, 9.17) is 9.84 Å². The minimum atomic E-state index is -1.31. The SMILES string of the molecule is CC(C)COC(=O)Nc1cc([N+](=O)[O-])ccc1C(=O)O. The molecule has 0 aliphatic rings. The van der Waals surface area contributed by atoms with Gasteiger partial charge in [-0.3, -0.25) is 15.4 Å². The molecule has 108 valence electrons. The topological polar surface area (TPSA) is 119 Å². The van der Waals surface area contributed by atoms with Gasteiger partial charge in [0.1, 0.15) is 0 Å². The van der Waals surface area contributed by atoms with Crippen LogP contribution >= 0.6 is 0 Å². The molecule has 0 bridgehead atoms. The number of carbonyl (C=O) groups is 2. The van der Waals surface area contributed by atoms with Crippen LogP contribution in [0.15, 0.2) is 18.2 Å². The van der Waals surface area contributed by atoms with Gasteiger partial charge in [0, 0.05) is 12.1 Å². The first-order valence-electron chi connectivity index (χ1n) is 5.76. The quantitative estimate of drug-likeness (QED) is 0.632. The highest BCUT2D eigenvalue weighted by Crippen LogP contribution is 2.23. The summed E-state index contributed by atoms with van der Waals surface area (Å²) in [6.45, 7) is 3.83. The maximum absolute atomic E-state index is 11.5. The number of carbonyl (C=O) groups excluding carboxylic acids is 1. The fourth-order valence-corrected chi connectivity index (χ4v) is 1.32. The van der Waals surface area contributed by atoms with Crippen molar-refractivity contribution in [1.29, 1.82) is 0 Å². The lowest BCUT2D eigenvalue weighted by atomic mass is 10.1. The van der Waals surface area contributed by atoms with Gasteiger partial charge in [-0.05, 0) is 12.0 Å². The maximum Gasteiger partial charge on any atom is 0.411 e. The predicted molar refractivity (Wildman–Crippen MR) is 69.9 cm³/mol. The number of nitro benzene ring substituents is 1. The van der Waals surface area contributed by atoms with E-state index in [2.05, 4.69) is 5.32 Å². The van der Waals surface area contributed by atoms with Crippen molar-refractivity contribution in [1.82, 2.24) is 0 Å². The molecule has 1 aromatic carbocycles. The van der Waals surface area contributed by atoms with Crippen LogP contribution in [0.3, 0.4) is 0 Å². The molecule has 0 aliphatic heterocycles. The molecule has 1 aromatic rings. The van der Waals surface area contributed by atoms with E-state index >= 15 is 0 Å². The Kier molecular flexibility index (Phi) is 5.01. The first-order valence-corrected chi connectivity index (χ1v) is 5.76. The van der Waals surface area contributed by atoms with Crippen molar-refractivity contribution in [2.24, 2.45) is 5.92 Å². The lowest BCUT2D eigenvalue weighted by Gasteiger charge is -2.10. The molecular formula is C12H14N2O6. The van der Waals surface area contributed by atoms with Gasteiger partial charge in [0.05, 0.1) is 22.8 Å². The van der Waals surface area contributed by atoms with Gasteiger partial charge in [-0.25, -0.2) is 9.59 Å². The zero-order chi connectivity index (χ0) is 15.3. The number of aromatic carboxylic acids is 1. The first kappa shape index (κ1) is 15.4. The second-order valence-electron chi connectivity index (χ2n) is 4.41. The van der Waals surface area contributed by atoms with Crippen LogP contribution in [-0.4, -0.2) is 28.7 Å². The van der Waals surface area contributed by atoms with Crippen LogP contribution in [0.2, 0.25) is 0 Å². The zero-order valence-corrected chi connectivity index (χ0v) is 11.0. The van der Waals surface area contributed by atoms with E-state index in [-0.39, 0.29) is 29.5 Å². The lowest BCUT2D eigenvalue weighted by molar-refractivity contribution is -0.384. The maximum atomic E-state index is 11.5. The monoisotopic (exact) mass is 282 g/mol. The molecule has 2 N–H and O–H groups in total. The summed E-state index contributed by atoms with van der Waals surface area (Å²) in [7, 11) is 0. The average molecular weight is 282 g/mol. The Hall–Kier alpha value is -2.64. The third kappa shape index (κ3) is 4.23. The Morgan fingerprint density at radius 1 is 1.45 bits per heavy atom. The molecular weight excluding hydrogens is 268 g/mol. The third-order valence-electron chi connectivity index (χ3n) is 2.23. The van der Waals surface area contributed by atoms with Crippen molar-refractivity contribution in [3.8, 4) is 0 Å². The second kappa shape index (κ2) is 6.50. The number of hydrogen-bond acceptors (Lipinski definition) is 5. The molecule has 0 aliphatic carbocycles. The molecule has 0 spiro atoms. The predicted octanol–water partition coefficient (Wildman–Crippen LogP) is 2.50. The number of carboxylic acid groups (broad SMARTS) is 1. The molecule has 0 aromatic heterocycles. The van der Waals surface area contributed by atoms with Gasteiger partial charge < -0.3 is 9.84 Å². The van der Waals surface area contributed by atoms with E-state index in [1.54, 1.807) is 0 Å². The minimum absolute atomic E-state index is 0.116. The van der Waals surface area contributed by atoms with Crippen molar-refractivity contribution >= 4 is 23.4 Å². The number of ether oxygens (including phenoxy) is 1. The number of rotatable bonds is 5. The summed E-state index contributed by atoms with van der Waals surface area (Å²) in [4.78, 5) is 32.4. The summed E-state index contributed by atoms with van der Waals surface area (Å²) < 4.78 is 4.83. The standard InChI is InChI=1S/C12H14N2O6/c1-7(2)6-20-12(17)13-10-5-8(14(18)19)3-4-9(10)11(15)16/h3-5,7H,6H2,1-2H3,(H,13,17)(H,15,16). The molecule has 0 heterocycles. The molecule has 0 unspecified atom stereocenters. The number of nitrogens with one attached hydrogen (secondary N) is 1. The van der Waals surface area contributed by atoms with Gasteiger partial charge in [-0.1, -0.05) is 13.8 Å². The summed E-state index contributed by atoms with van der Waals surface area (Å²) in [5.41, 5.74) is -0.758. The van der Waals surface area contributed by atoms with E-state index < -0.39 is 17.0 Å². The van der Waals surface area contributed by atoms with E-state index in [9.17, 15) is 19.7 Å². The van der Waals surface area contributed by atoms with E-state index in [0.717, 1.165) is 18.2 Å². The minimum Gasteiger partial charge on any atom is -0.478 e. The van der Waals surface area contributed by atoms with Gasteiger partial charge in [0.15, 0.2) is 0 Å². The zero-order valence-electron chi connectivity index (χ0n) is 11.0. The summed E-state index contributed by atoms with van der Waals surface area (Å²) >= 11 is 0. The van der Waals surface area contributed by atoms with Gasteiger partial charge in [0.2, 0.25) is 0 Å². The molecule has 8 heteroatoms. The van der Waals surface area contributed by atoms with Crippen molar-refractivity contribution < 1.29 is 24.4 Å². The number of amides is 1. The van der Waals surface area contributed by atoms with Crippen molar-refractivity contribution in [2.45, 2.75) is 13.8 Å². The summed E-state index contributed by atoms with van der Waals surface area (Å²) in [6, 6.07) is 3.08. The Balaban J connectivity index is 2.95. The van der Waals surface area contributed by atoms with Crippen LogP contribution in [0.25, 0.3) is 0 Å². The highest BCUT2D eigenvalue weighted by Gasteiger charge is 2.17. The molecule has 0 saturated carbocycles. The molecule has 0 radical (unpaired) electrons. The Labute approximate surface area is 114 Å². The van der Waals surface area contributed by atoms with Crippen molar-refractivity contribution in [3.05, 3.63) is 33.9 Å². The summed E-state index contributed by atoms with van der Waals surface area (Å²) in [5.74, 6) is -1.19. The number of non-ortho nitro benzene ring substituents is 1. The van der Waals surface area contributed by atoms with Gasteiger partial charge in [-0.15, -0.1) is 0 Å². The van der Waals surface area contributed by atoms with Crippen LogP contribution < -0.4 is 5.32 Å². The second-order valence-corrected chi connectivity index (χ2v) is 4.41. The normalized spacial score (nSPS) is 10.2. The summed E-state index contributed by atoms with van der Waals surface area (Å²) in [5, 5.41) is 21.8. The Bertz CT molecular complexity index is 541.